The molecule has 0 aliphatic carbocycles. The summed E-state index contributed by atoms with van der Waals surface area (Å²) < 4.78 is 38.4. The number of sulfone groups is 1. The van der Waals surface area contributed by atoms with Crippen LogP contribution in [-0.2, 0) is 38.2 Å². The van der Waals surface area contributed by atoms with Crippen LogP contribution in [0.4, 0.5) is 0 Å². The maximum absolute atomic E-state index is 13.2. The molecule has 1 aromatic heterocycles. The van der Waals surface area contributed by atoms with Crippen molar-refractivity contribution in [3.8, 4) is 5.75 Å². The fourth-order valence-electron chi connectivity index (χ4n) is 3.26. The molecule has 0 bridgehead atoms. The van der Waals surface area contributed by atoms with Crippen LogP contribution in [0.5, 0.6) is 5.75 Å². The fourth-order valence-corrected chi connectivity index (χ4v) is 4.76. The lowest BCUT2D eigenvalue weighted by Gasteiger charge is -2.29. The van der Waals surface area contributed by atoms with Gasteiger partial charge in [-0.15, -0.1) is 0 Å². The van der Waals surface area contributed by atoms with Crippen LogP contribution >= 0.6 is 0 Å². The smallest absolute Gasteiger partial charge is 0.228 e. The Labute approximate surface area is 185 Å². The first-order valence-electron chi connectivity index (χ1n) is 10.3. The van der Waals surface area contributed by atoms with Crippen molar-refractivity contribution in [1.29, 1.82) is 0 Å². The van der Waals surface area contributed by atoms with Gasteiger partial charge in [0.1, 0.15) is 5.75 Å². The van der Waals surface area contributed by atoms with E-state index >= 15 is 0 Å². The number of nitrogens with zero attached hydrogens (tertiary/aromatic N) is 3. The molecule has 0 N–H and O–H groups in total. The molecule has 2 aromatic rings. The molecule has 0 spiro atoms. The van der Waals surface area contributed by atoms with Gasteiger partial charge < -0.3 is 18.9 Å². The molecule has 0 saturated heterocycles. The number of carbonyl (C=O) groups is 1. The van der Waals surface area contributed by atoms with E-state index in [1.807, 2.05) is 27.7 Å². The Balaban J connectivity index is 2.41. The standard InChI is InChI=1S/C22H33N3O5S/c1-16(2)21(26)25(17(3)4)14-19-13-23-22(24(19)10-11-29-5)31(27,28)15-18-8-7-9-20(12-18)30-6/h7-9,12-13,16-17H,10-11,14-15H2,1-6H3. The summed E-state index contributed by atoms with van der Waals surface area (Å²) in [6, 6.07) is 6.93. The molecule has 1 amide bonds. The van der Waals surface area contributed by atoms with Crippen molar-refractivity contribution in [3.05, 3.63) is 41.7 Å². The van der Waals surface area contributed by atoms with E-state index in [4.69, 9.17) is 9.47 Å². The van der Waals surface area contributed by atoms with E-state index in [0.717, 1.165) is 0 Å². The van der Waals surface area contributed by atoms with Gasteiger partial charge in [-0.3, -0.25) is 4.79 Å². The van der Waals surface area contributed by atoms with E-state index in [-0.39, 0.29) is 35.3 Å². The molecule has 8 nitrogen and oxygen atoms in total. The van der Waals surface area contributed by atoms with E-state index in [2.05, 4.69) is 4.98 Å². The van der Waals surface area contributed by atoms with Crippen LogP contribution < -0.4 is 4.74 Å². The van der Waals surface area contributed by atoms with E-state index in [0.29, 0.717) is 30.2 Å². The van der Waals surface area contributed by atoms with Crippen molar-refractivity contribution in [2.45, 2.75) is 57.7 Å². The lowest BCUT2D eigenvalue weighted by atomic mass is 10.1. The van der Waals surface area contributed by atoms with Gasteiger partial charge in [-0.05, 0) is 31.5 Å². The van der Waals surface area contributed by atoms with Crippen molar-refractivity contribution in [3.63, 3.8) is 0 Å². The number of methoxy groups -OCH3 is 2. The molecule has 31 heavy (non-hydrogen) atoms. The highest BCUT2D eigenvalue weighted by Crippen LogP contribution is 2.22. The topological polar surface area (TPSA) is 90.7 Å². The fraction of sp³-hybridized carbons (Fsp3) is 0.545. The summed E-state index contributed by atoms with van der Waals surface area (Å²) >= 11 is 0. The molecule has 1 aromatic carbocycles. The number of hydrogen-bond donors (Lipinski definition) is 0. The molecular weight excluding hydrogens is 418 g/mol. The molecule has 0 atom stereocenters. The van der Waals surface area contributed by atoms with Crippen LogP contribution in [0.1, 0.15) is 39.0 Å². The molecule has 2 rings (SSSR count). The molecule has 0 aliphatic rings. The number of aromatic nitrogens is 2. The highest BCUT2D eigenvalue weighted by Gasteiger charge is 2.27. The van der Waals surface area contributed by atoms with Crippen LogP contribution in [0.2, 0.25) is 0 Å². The minimum absolute atomic E-state index is 0.00952. The molecule has 9 heteroatoms. The highest BCUT2D eigenvalue weighted by molar-refractivity contribution is 7.90. The predicted octanol–water partition coefficient (Wildman–Crippen LogP) is 2.91. The first kappa shape index (κ1) is 24.9. The first-order chi connectivity index (χ1) is 14.6. The van der Waals surface area contributed by atoms with Gasteiger partial charge in [-0.1, -0.05) is 26.0 Å². The van der Waals surface area contributed by atoms with Crippen molar-refractivity contribution in [2.75, 3.05) is 20.8 Å². The normalized spacial score (nSPS) is 11.9. The third-order valence-electron chi connectivity index (χ3n) is 4.92. The number of benzene rings is 1. The summed E-state index contributed by atoms with van der Waals surface area (Å²) in [5, 5.41) is -0.0249. The van der Waals surface area contributed by atoms with Gasteiger partial charge in [0.2, 0.25) is 20.9 Å². The molecule has 1 heterocycles. The van der Waals surface area contributed by atoms with Crippen LogP contribution in [0.25, 0.3) is 0 Å². The van der Waals surface area contributed by atoms with Crippen molar-refractivity contribution >= 4 is 15.7 Å². The van der Waals surface area contributed by atoms with Gasteiger partial charge in [0.15, 0.2) is 0 Å². The lowest BCUT2D eigenvalue weighted by molar-refractivity contribution is -0.137. The van der Waals surface area contributed by atoms with Gasteiger partial charge in [-0.2, -0.15) is 0 Å². The second-order valence-electron chi connectivity index (χ2n) is 8.00. The molecule has 0 fully saturated rings. The second-order valence-corrected chi connectivity index (χ2v) is 9.89. The average Bonchev–Trinajstić information content (AvgIpc) is 3.12. The Kier molecular flexibility index (Phi) is 8.64. The van der Waals surface area contributed by atoms with Gasteiger partial charge in [-0.25, -0.2) is 13.4 Å². The number of rotatable bonds is 11. The van der Waals surface area contributed by atoms with E-state index in [1.165, 1.54) is 13.3 Å². The Morgan fingerprint density at radius 1 is 1.19 bits per heavy atom. The Bertz CT molecular complexity index is 983. The van der Waals surface area contributed by atoms with Crippen molar-refractivity contribution in [2.24, 2.45) is 5.92 Å². The molecule has 0 radical (unpaired) electrons. The predicted molar refractivity (Wildman–Crippen MR) is 119 cm³/mol. The number of amides is 1. The Morgan fingerprint density at radius 2 is 1.90 bits per heavy atom. The van der Waals surface area contributed by atoms with Crippen LogP contribution in [-0.4, -0.2) is 55.6 Å². The quantitative estimate of drug-likeness (QED) is 0.522. The largest absolute Gasteiger partial charge is 0.497 e. The summed E-state index contributed by atoms with van der Waals surface area (Å²) in [6.45, 7) is 8.51. The van der Waals surface area contributed by atoms with Crippen molar-refractivity contribution < 1.29 is 22.7 Å². The Morgan fingerprint density at radius 3 is 2.48 bits per heavy atom. The number of carbonyl (C=O) groups excluding carboxylic acids is 1. The van der Waals surface area contributed by atoms with Crippen LogP contribution in [0.3, 0.4) is 0 Å². The monoisotopic (exact) mass is 451 g/mol. The SMILES string of the molecule is COCCn1c(CN(C(=O)C(C)C)C(C)C)cnc1S(=O)(=O)Cc1cccc(OC)c1. The minimum Gasteiger partial charge on any atom is -0.497 e. The molecule has 0 unspecified atom stereocenters. The zero-order valence-electron chi connectivity index (χ0n) is 19.2. The van der Waals surface area contributed by atoms with Gasteiger partial charge >= 0.3 is 0 Å². The molecule has 172 valence electrons. The summed E-state index contributed by atoms with van der Waals surface area (Å²) in [4.78, 5) is 18.6. The number of ether oxygens (including phenoxy) is 2. The average molecular weight is 452 g/mol. The lowest BCUT2D eigenvalue weighted by Crippen LogP contribution is -2.39. The maximum atomic E-state index is 13.2. The maximum Gasteiger partial charge on any atom is 0.228 e. The van der Waals surface area contributed by atoms with E-state index < -0.39 is 9.84 Å². The third kappa shape index (κ3) is 6.30. The van der Waals surface area contributed by atoms with Crippen LogP contribution in [0.15, 0.2) is 35.6 Å². The summed E-state index contributed by atoms with van der Waals surface area (Å²) in [6.07, 6.45) is 1.54. The van der Waals surface area contributed by atoms with Crippen LogP contribution in [0, 0.1) is 5.92 Å². The number of hydrogen-bond acceptors (Lipinski definition) is 6. The molecular formula is C22H33N3O5S. The summed E-state index contributed by atoms with van der Waals surface area (Å²) in [5.74, 6) is 0.243. The van der Waals surface area contributed by atoms with Gasteiger partial charge in [0.05, 0.1) is 37.9 Å². The summed E-state index contributed by atoms with van der Waals surface area (Å²) in [7, 11) is -0.637. The van der Waals surface area contributed by atoms with Gasteiger partial charge in [0, 0.05) is 25.6 Å². The van der Waals surface area contributed by atoms with Gasteiger partial charge in [0.25, 0.3) is 0 Å². The second kappa shape index (κ2) is 10.8. The zero-order valence-corrected chi connectivity index (χ0v) is 20.0. The van der Waals surface area contributed by atoms with Crippen molar-refractivity contribution in [1.82, 2.24) is 14.5 Å². The number of imidazole rings is 1. The Hall–Kier alpha value is -2.39. The van der Waals surface area contributed by atoms with E-state index in [9.17, 15) is 13.2 Å². The first-order valence-corrected chi connectivity index (χ1v) is 12.0. The zero-order chi connectivity index (χ0) is 23.2. The molecule has 0 aliphatic heterocycles. The highest BCUT2D eigenvalue weighted by atomic mass is 32.2. The summed E-state index contributed by atoms with van der Waals surface area (Å²) in [5.41, 5.74) is 1.27. The molecule has 0 saturated carbocycles. The third-order valence-corrected chi connectivity index (χ3v) is 6.52. The minimum atomic E-state index is -3.73. The van der Waals surface area contributed by atoms with E-state index in [1.54, 1.807) is 40.8 Å².